The molecule has 2 N–H and O–H groups in total. The second kappa shape index (κ2) is 9.63. The van der Waals surface area contributed by atoms with Crippen molar-refractivity contribution in [1.29, 1.82) is 0 Å². The first-order chi connectivity index (χ1) is 16.7. The zero-order chi connectivity index (χ0) is 25.2. The number of benzene rings is 2. The summed E-state index contributed by atoms with van der Waals surface area (Å²) in [7, 11) is -2.56. The predicted octanol–water partition coefficient (Wildman–Crippen LogP) is 3.30. The van der Waals surface area contributed by atoms with Crippen LogP contribution in [0.15, 0.2) is 64.8 Å². The molecule has 4 rings (SSSR count). The number of nitrogens with one attached hydrogen (secondary N) is 2. The van der Waals surface area contributed by atoms with Gasteiger partial charge >= 0.3 is 0 Å². The topological polar surface area (TPSA) is 128 Å². The molecule has 1 amide bonds. The summed E-state index contributed by atoms with van der Waals surface area (Å²) in [4.78, 5) is 11.4. The lowest BCUT2D eigenvalue weighted by Gasteiger charge is -2.13. The first-order valence-electron chi connectivity index (χ1n) is 10.7. The van der Waals surface area contributed by atoms with Gasteiger partial charge in [0.05, 0.1) is 25.2 Å². The van der Waals surface area contributed by atoms with Gasteiger partial charge in [0, 0.05) is 18.3 Å². The highest BCUT2D eigenvalue weighted by Gasteiger charge is 2.25. The van der Waals surface area contributed by atoms with Crippen LogP contribution in [0.2, 0.25) is 0 Å². The average molecular weight is 496 g/mol. The van der Waals surface area contributed by atoms with E-state index < -0.39 is 10.0 Å². The van der Waals surface area contributed by atoms with E-state index in [0.29, 0.717) is 29.6 Å². The third-order valence-electron chi connectivity index (χ3n) is 5.41. The van der Waals surface area contributed by atoms with Crippen molar-refractivity contribution in [3.8, 4) is 5.75 Å². The standard InChI is InChI=1S/C24H25N5O5S/c1-5-21(30)25-11-18-12-26-29(14-18)13-17-9-16(3)22-20(10-17)34-27-24(22)28-35(31,32)23-15(2)7-6-8-19(23)33-4/h5-10,12,14H,1,11,13H2,2-4H3,(H,25,30)(H,27,28). The van der Waals surface area contributed by atoms with Gasteiger partial charge in [-0.25, -0.2) is 8.42 Å². The van der Waals surface area contributed by atoms with Crippen LogP contribution in [0.3, 0.4) is 0 Å². The van der Waals surface area contributed by atoms with Crippen molar-refractivity contribution in [3.63, 3.8) is 0 Å². The third kappa shape index (κ3) is 5.04. The molecular weight excluding hydrogens is 470 g/mol. The maximum absolute atomic E-state index is 13.2. The SMILES string of the molecule is C=CC(=O)NCc1cnn(Cc2cc(C)c3c(NS(=O)(=O)c4c(C)cccc4OC)noc3c2)c1. The number of anilines is 1. The Hall–Kier alpha value is -4.12. The van der Waals surface area contributed by atoms with Gasteiger partial charge in [0.1, 0.15) is 10.6 Å². The van der Waals surface area contributed by atoms with Crippen molar-refractivity contribution < 1.29 is 22.5 Å². The molecule has 4 aromatic rings. The second-order valence-electron chi connectivity index (χ2n) is 8.00. The monoisotopic (exact) mass is 495 g/mol. The van der Waals surface area contributed by atoms with Gasteiger partial charge in [-0.3, -0.25) is 14.2 Å². The number of carbonyl (C=O) groups is 1. The van der Waals surface area contributed by atoms with Gasteiger partial charge in [-0.1, -0.05) is 29.9 Å². The summed E-state index contributed by atoms with van der Waals surface area (Å²) in [6, 6.07) is 8.73. The Morgan fingerprint density at radius 3 is 2.77 bits per heavy atom. The molecule has 0 saturated carbocycles. The van der Waals surface area contributed by atoms with Crippen molar-refractivity contribution in [3.05, 3.63) is 77.6 Å². The van der Waals surface area contributed by atoms with E-state index in [1.54, 1.807) is 42.1 Å². The van der Waals surface area contributed by atoms with Gasteiger partial charge in [-0.15, -0.1) is 0 Å². The molecule has 0 fully saturated rings. The molecule has 35 heavy (non-hydrogen) atoms. The fraction of sp³-hybridized carbons (Fsp3) is 0.208. The second-order valence-corrected chi connectivity index (χ2v) is 9.62. The number of aromatic nitrogens is 3. The molecule has 0 saturated heterocycles. The number of nitrogens with zero attached hydrogens (tertiary/aromatic N) is 3. The van der Waals surface area contributed by atoms with Gasteiger partial charge in [0.25, 0.3) is 10.0 Å². The molecule has 10 nitrogen and oxygen atoms in total. The number of carbonyl (C=O) groups excluding carboxylic acids is 1. The quantitative estimate of drug-likeness (QED) is 0.341. The lowest BCUT2D eigenvalue weighted by atomic mass is 10.1. The van der Waals surface area contributed by atoms with Crippen LogP contribution in [0, 0.1) is 13.8 Å². The molecule has 2 aromatic heterocycles. The minimum atomic E-state index is -3.98. The smallest absolute Gasteiger partial charge is 0.267 e. The van der Waals surface area contributed by atoms with E-state index in [0.717, 1.165) is 16.7 Å². The number of methoxy groups -OCH3 is 1. The average Bonchev–Trinajstić information content (AvgIpc) is 3.43. The van der Waals surface area contributed by atoms with Crippen molar-refractivity contribution in [2.45, 2.75) is 31.8 Å². The number of sulfonamides is 1. The summed E-state index contributed by atoms with van der Waals surface area (Å²) < 4.78 is 41.3. The number of hydrogen-bond donors (Lipinski definition) is 2. The molecule has 0 aliphatic carbocycles. The first kappa shape index (κ1) is 24.0. The summed E-state index contributed by atoms with van der Waals surface area (Å²) in [5.74, 6) is 0.0945. The largest absolute Gasteiger partial charge is 0.495 e. The molecule has 0 unspecified atom stereocenters. The number of hydrogen-bond acceptors (Lipinski definition) is 7. The van der Waals surface area contributed by atoms with Crippen molar-refractivity contribution in [2.24, 2.45) is 0 Å². The Labute approximate surface area is 202 Å². The van der Waals surface area contributed by atoms with Crippen LogP contribution >= 0.6 is 0 Å². The van der Waals surface area contributed by atoms with Crippen LogP contribution in [0.25, 0.3) is 11.0 Å². The Bertz CT molecular complexity index is 1520. The van der Waals surface area contributed by atoms with Crippen LogP contribution < -0.4 is 14.8 Å². The van der Waals surface area contributed by atoms with E-state index in [9.17, 15) is 13.2 Å². The van der Waals surface area contributed by atoms with Crippen LogP contribution in [-0.4, -0.2) is 36.4 Å². The lowest BCUT2D eigenvalue weighted by Crippen LogP contribution is -2.19. The highest BCUT2D eigenvalue weighted by molar-refractivity contribution is 7.92. The zero-order valence-electron chi connectivity index (χ0n) is 19.5. The molecule has 11 heteroatoms. The van der Waals surface area contributed by atoms with Gasteiger partial charge < -0.3 is 14.6 Å². The van der Waals surface area contributed by atoms with E-state index in [1.165, 1.54) is 13.2 Å². The minimum Gasteiger partial charge on any atom is -0.495 e. The Morgan fingerprint density at radius 1 is 1.23 bits per heavy atom. The molecular formula is C24H25N5O5S. The fourth-order valence-corrected chi connectivity index (χ4v) is 5.25. The van der Waals surface area contributed by atoms with E-state index >= 15 is 0 Å². The molecule has 0 aliphatic heterocycles. The van der Waals surface area contributed by atoms with E-state index in [4.69, 9.17) is 9.26 Å². The molecule has 0 radical (unpaired) electrons. The predicted molar refractivity (Wildman–Crippen MR) is 131 cm³/mol. The summed E-state index contributed by atoms with van der Waals surface area (Å²) >= 11 is 0. The van der Waals surface area contributed by atoms with Crippen molar-refractivity contribution >= 4 is 32.7 Å². The molecule has 182 valence electrons. The fourth-order valence-electron chi connectivity index (χ4n) is 3.85. The normalized spacial score (nSPS) is 11.4. The molecule has 0 bridgehead atoms. The Balaban J connectivity index is 1.58. The van der Waals surface area contributed by atoms with E-state index in [2.05, 4.69) is 26.9 Å². The van der Waals surface area contributed by atoms with Crippen LogP contribution in [0.1, 0.15) is 22.3 Å². The van der Waals surface area contributed by atoms with Gasteiger partial charge in [0.2, 0.25) is 5.91 Å². The van der Waals surface area contributed by atoms with Gasteiger partial charge in [-0.2, -0.15) is 5.10 Å². The first-order valence-corrected chi connectivity index (χ1v) is 12.2. The Morgan fingerprint density at radius 2 is 2.03 bits per heavy atom. The maximum atomic E-state index is 13.2. The van der Waals surface area contributed by atoms with Crippen LogP contribution in [0.4, 0.5) is 5.82 Å². The molecule has 0 aliphatic rings. The van der Waals surface area contributed by atoms with Gasteiger partial charge in [-0.05, 0) is 48.7 Å². The van der Waals surface area contributed by atoms with E-state index in [-0.39, 0.29) is 22.4 Å². The third-order valence-corrected chi connectivity index (χ3v) is 6.93. The highest BCUT2D eigenvalue weighted by Crippen LogP contribution is 2.33. The van der Waals surface area contributed by atoms with E-state index in [1.807, 2.05) is 19.2 Å². The zero-order valence-corrected chi connectivity index (χ0v) is 20.3. The number of rotatable bonds is 9. The highest BCUT2D eigenvalue weighted by atomic mass is 32.2. The van der Waals surface area contributed by atoms with Crippen molar-refractivity contribution in [2.75, 3.05) is 11.8 Å². The number of fused-ring (bicyclic) bond motifs is 1. The molecule has 2 heterocycles. The summed E-state index contributed by atoms with van der Waals surface area (Å²) in [6.45, 7) is 7.78. The van der Waals surface area contributed by atoms with Crippen molar-refractivity contribution in [1.82, 2.24) is 20.3 Å². The molecule has 2 aromatic carbocycles. The van der Waals surface area contributed by atoms with Crippen LogP contribution in [0.5, 0.6) is 5.75 Å². The summed E-state index contributed by atoms with van der Waals surface area (Å²) in [5.41, 5.74) is 3.53. The summed E-state index contributed by atoms with van der Waals surface area (Å²) in [5, 5.41) is 11.6. The van der Waals surface area contributed by atoms with Crippen LogP contribution in [-0.2, 0) is 27.9 Å². The molecule has 0 atom stereocenters. The summed E-state index contributed by atoms with van der Waals surface area (Å²) in [6.07, 6.45) is 4.72. The number of amides is 1. The number of ether oxygens (including phenoxy) is 1. The maximum Gasteiger partial charge on any atom is 0.267 e. The van der Waals surface area contributed by atoms with Gasteiger partial charge in [0.15, 0.2) is 11.4 Å². The molecule has 0 spiro atoms. The Kier molecular flexibility index (Phi) is 6.61. The number of aryl methyl sites for hydroxylation is 2. The lowest BCUT2D eigenvalue weighted by molar-refractivity contribution is -0.116. The minimum absolute atomic E-state index is 0.0479.